The summed E-state index contributed by atoms with van der Waals surface area (Å²) in [6.45, 7) is 2.03. The molecule has 0 bridgehead atoms. The second-order valence-corrected chi connectivity index (χ2v) is 4.71. The average molecular weight is 252 g/mol. The summed E-state index contributed by atoms with van der Waals surface area (Å²) in [6.07, 6.45) is 19.5. The molecule has 1 N–H and O–H groups in total. The first-order valence-corrected chi connectivity index (χ1v) is 7.27. The molecule has 0 rings (SSSR count). The first-order valence-electron chi connectivity index (χ1n) is 7.27. The van der Waals surface area contributed by atoms with Crippen LogP contribution in [0.1, 0.15) is 71.1 Å². The van der Waals surface area contributed by atoms with Crippen LogP contribution in [0.3, 0.4) is 0 Å². The number of carbonyl (C=O) groups is 1. The molecule has 0 aliphatic carbocycles. The molecule has 0 aromatic rings. The van der Waals surface area contributed by atoms with E-state index in [4.69, 9.17) is 5.11 Å². The molecule has 0 aliphatic rings. The molecule has 0 aromatic heterocycles. The predicted octanol–water partition coefficient (Wildman–Crippen LogP) is 5.10. The third-order valence-electron chi connectivity index (χ3n) is 2.95. The fourth-order valence-corrected chi connectivity index (χ4v) is 1.88. The Morgan fingerprint density at radius 2 is 1.44 bits per heavy atom. The van der Waals surface area contributed by atoms with Crippen molar-refractivity contribution >= 4 is 5.97 Å². The Morgan fingerprint density at radius 3 is 2.00 bits per heavy atom. The largest absolute Gasteiger partial charge is 0.481 e. The van der Waals surface area contributed by atoms with E-state index in [-0.39, 0.29) is 0 Å². The quantitative estimate of drug-likeness (QED) is 0.387. The monoisotopic (exact) mass is 252 g/mol. The zero-order valence-electron chi connectivity index (χ0n) is 11.7. The second-order valence-electron chi connectivity index (χ2n) is 4.71. The minimum Gasteiger partial charge on any atom is -0.481 e. The third-order valence-corrected chi connectivity index (χ3v) is 2.95. The Morgan fingerprint density at radius 1 is 0.889 bits per heavy atom. The summed E-state index contributed by atoms with van der Waals surface area (Å²) in [5.74, 6) is -0.666. The molecule has 18 heavy (non-hydrogen) atoms. The van der Waals surface area contributed by atoms with Gasteiger partial charge in [0.1, 0.15) is 0 Å². The summed E-state index contributed by atoms with van der Waals surface area (Å²) in [5.41, 5.74) is 0. The molecular weight excluding hydrogens is 224 g/mol. The average Bonchev–Trinajstić information content (AvgIpc) is 2.34. The Hall–Kier alpha value is -1.05. The number of allylic oxidation sites excluding steroid dienone is 4. The maximum Gasteiger partial charge on any atom is 0.303 e. The fourth-order valence-electron chi connectivity index (χ4n) is 1.88. The van der Waals surface area contributed by atoms with Crippen molar-refractivity contribution in [2.75, 3.05) is 0 Å². The van der Waals surface area contributed by atoms with E-state index in [1.54, 1.807) is 0 Å². The summed E-state index contributed by atoms with van der Waals surface area (Å²) in [4.78, 5) is 10.3. The molecule has 2 heteroatoms. The van der Waals surface area contributed by atoms with Crippen molar-refractivity contribution in [1.29, 1.82) is 0 Å². The van der Waals surface area contributed by atoms with Crippen molar-refractivity contribution in [1.82, 2.24) is 0 Å². The Labute approximate surface area is 112 Å². The molecule has 0 saturated heterocycles. The molecule has 0 aromatic carbocycles. The van der Waals surface area contributed by atoms with Crippen LogP contribution < -0.4 is 0 Å². The smallest absolute Gasteiger partial charge is 0.303 e. The van der Waals surface area contributed by atoms with Gasteiger partial charge in [0.2, 0.25) is 0 Å². The lowest BCUT2D eigenvalue weighted by atomic mass is 10.1. The highest BCUT2D eigenvalue weighted by molar-refractivity contribution is 5.66. The van der Waals surface area contributed by atoms with E-state index in [1.807, 2.05) is 13.0 Å². The lowest BCUT2D eigenvalue weighted by molar-refractivity contribution is -0.137. The van der Waals surface area contributed by atoms with E-state index in [0.717, 1.165) is 12.8 Å². The van der Waals surface area contributed by atoms with Crippen LogP contribution in [0.25, 0.3) is 0 Å². The number of rotatable bonds is 12. The Bertz CT molecular complexity index is 241. The highest BCUT2D eigenvalue weighted by atomic mass is 16.4. The number of carboxylic acid groups (broad SMARTS) is 1. The van der Waals surface area contributed by atoms with E-state index in [2.05, 4.69) is 18.2 Å². The lowest BCUT2D eigenvalue weighted by Gasteiger charge is -2.00. The number of hydrogen-bond donors (Lipinski definition) is 1. The Kier molecular flexibility index (Phi) is 13.2. The summed E-state index contributed by atoms with van der Waals surface area (Å²) in [5, 5.41) is 8.48. The topological polar surface area (TPSA) is 37.3 Å². The van der Waals surface area contributed by atoms with Gasteiger partial charge in [-0.2, -0.15) is 0 Å². The minimum atomic E-state index is -0.666. The molecule has 0 fully saturated rings. The molecule has 0 atom stereocenters. The van der Waals surface area contributed by atoms with Crippen LogP contribution in [0.5, 0.6) is 0 Å². The van der Waals surface area contributed by atoms with E-state index < -0.39 is 5.97 Å². The van der Waals surface area contributed by atoms with Crippen molar-refractivity contribution in [2.24, 2.45) is 0 Å². The van der Waals surface area contributed by atoms with Gasteiger partial charge in [-0.25, -0.2) is 0 Å². The second kappa shape index (κ2) is 14.0. The van der Waals surface area contributed by atoms with Crippen LogP contribution in [0.15, 0.2) is 24.3 Å². The first-order chi connectivity index (χ1) is 8.77. The molecule has 0 heterocycles. The van der Waals surface area contributed by atoms with E-state index >= 15 is 0 Å². The predicted molar refractivity (Wildman–Crippen MR) is 77.8 cm³/mol. The SMILES string of the molecule is C/C=C\C=C\CCCCCCCCCCC(=O)O. The number of carboxylic acids is 1. The zero-order valence-corrected chi connectivity index (χ0v) is 11.7. The molecule has 2 nitrogen and oxygen atoms in total. The van der Waals surface area contributed by atoms with E-state index in [1.165, 1.54) is 44.9 Å². The van der Waals surface area contributed by atoms with Gasteiger partial charge in [0.15, 0.2) is 0 Å². The maximum absolute atomic E-state index is 10.3. The van der Waals surface area contributed by atoms with Gasteiger partial charge in [0.05, 0.1) is 0 Å². The van der Waals surface area contributed by atoms with Gasteiger partial charge in [-0.05, 0) is 26.2 Å². The van der Waals surface area contributed by atoms with Gasteiger partial charge in [-0.3, -0.25) is 4.79 Å². The number of unbranched alkanes of at least 4 members (excludes halogenated alkanes) is 8. The van der Waals surface area contributed by atoms with Gasteiger partial charge < -0.3 is 5.11 Å². The van der Waals surface area contributed by atoms with Crippen molar-refractivity contribution in [3.63, 3.8) is 0 Å². The van der Waals surface area contributed by atoms with Crippen molar-refractivity contribution < 1.29 is 9.90 Å². The molecule has 0 saturated carbocycles. The van der Waals surface area contributed by atoms with Crippen molar-refractivity contribution in [3.8, 4) is 0 Å². The molecule has 0 amide bonds. The summed E-state index contributed by atoms with van der Waals surface area (Å²) < 4.78 is 0. The normalized spacial score (nSPS) is 11.6. The van der Waals surface area contributed by atoms with Crippen LogP contribution in [-0.2, 0) is 4.79 Å². The summed E-state index contributed by atoms with van der Waals surface area (Å²) in [7, 11) is 0. The van der Waals surface area contributed by atoms with Gasteiger partial charge >= 0.3 is 5.97 Å². The molecule has 0 spiro atoms. The van der Waals surface area contributed by atoms with Crippen LogP contribution in [0, 0.1) is 0 Å². The lowest BCUT2D eigenvalue weighted by Crippen LogP contribution is -1.93. The number of hydrogen-bond acceptors (Lipinski definition) is 1. The van der Waals surface area contributed by atoms with Crippen LogP contribution in [0.2, 0.25) is 0 Å². The zero-order chi connectivity index (χ0) is 13.5. The summed E-state index contributed by atoms with van der Waals surface area (Å²) in [6, 6.07) is 0. The Balaban J connectivity index is 3.05. The van der Waals surface area contributed by atoms with Crippen LogP contribution >= 0.6 is 0 Å². The molecule has 0 unspecified atom stereocenters. The molecule has 104 valence electrons. The minimum absolute atomic E-state index is 0.332. The van der Waals surface area contributed by atoms with Gasteiger partial charge in [-0.15, -0.1) is 0 Å². The highest BCUT2D eigenvalue weighted by Crippen LogP contribution is 2.10. The van der Waals surface area contributed by atoms with Crippen molar-refractivity contribution in [2.45, 2.75) is 71.1 Å². The van der Waals surface area contributed by atoms with E-state index in [9.17, 15) is 4.79 Å². The highest BCUT2D eigenvalue weighted by Gasteiger charge is 1.96. The third kappa shape index (κ3) is 14.9. The van der Waals surface area contributed by atoms with Crippen molar-refractivity contribution in [3.05, 3.63) is 24.3 Å². The molecule has 0 radical (unpaired) electrons. The van der Waals surface area contributed by atoms with E-state index in [0.29, 0.717) is 6.42 Å². The standard InChI is InChI=1S/C16H28O2/c1-2-3-4-5-6-7-8-9-10-11-12-13-14-15-16(17)18/h2-5H,6-15H2,1H3,(H,17,18)/b3-2-,5-4+. The van der Waals surface area contributed by atoms with Crippen LogP contribution in [-0.4, -0.2) is 11.1 Å². The van der Waals surface area contributed by atoms with Gasteiger partial charge in [0, 0.05) is 6.42 Å². The summed E-state index contributed by atoms with van der Waals surface area (Å²) >= 11 is 0. The first kappa shape index (κ1) is 16.9. The molecule has 0 aliphatic heterocycles. The maximum atomic E-state index is 10.3. The van der Waals surface area contributed by atoms with Gasteiger partial charge in [-0.1, -0.05) is 62.8 Å². The fraction of sp³-hybridized carbons (Fsp3) is 0.688. The number of aliphatic carboxylic acids is 1. The molecular formula is C16H28O2. The van der Waals surface area contributed by atoms with Crippen LogP contribution in [0.4, 0.5) is 0 Å². The van der Waals surface area contributed by atoms with Gasteiger partial charge in [0.25, 0.3) is 0 Å².